The molecule has 1 rings (SSSR count). The fourth-order valence-electron chi connectivity index (χ4n) is 1.83. The van der Waals surface area contributed by atoms with Gasteiger partial charge in [0.2, 0.25) is 0 Å². The minimum Gasteiger partial charge on any atom is -0.394 e. The summed E-state index contributed by atoms with van der Waals surface area (Å²) in [6.07, 6.45) is 1.07. The number of hydrogen-bond acceptors (Lipinski definition) is 2. The lowest BCUT2D eigenvalue weighted by Crippen LogP contribution is -2.32. The summed E-state index contributed by atoms with van der Waals surface area (Å²) in [5, 5.41) is 12.9. The van der Waals surface area contributed by atoms with Crippen LogP contribution in [0.2, 0.25) is 0 Å². The van der Waals surface area contributed by atoms with Crippen LogP contribution in [0.1, 0.15) is 57.2 Å². The molecule has 0 radical (unpaired) electrons. The summed E-state index contributed by atoms with van der Waals surface area (Å²) in [7, 11) is 0. The molecule has 0 spiro atoms. The highest BCUT2D eigenvalue weighted by molar-refractivity contribution is 5.27. The maximum absolute atomic E-state index is 9.44. The Bertz CT molecular complexity index is 318. The molecule has 96 valence electrons. The molecular weight excluding hydrogens is 210 g/mol. The van der Waals surface area contributed by atoms with Crippen LogP contribution < -0.4 is 5.32 Å². The number of aliphatic hydroxyl groups is 1. The van der Waals surface area contributed by atoms with Gasteiger partial charge in [-0.1, -0.05) is 45.0 Å². The topological polar surface area (TPSA) is 32.3 Å². The Morgan fingerprint density at radius 3 is 2.00 bits per heavy atom. The SMILES string of the molecule is CCC(C)NC(CO)c1ccc(C(C)C)cc1. The van der Waals surface area contributed by atoms with E-state index in [1.165, 1.54) is 5.56 Å². The van der Waals surface area contributed by atoms with Gasteiger partial charge < -0.3 is 10.4 Å². The summed E-state index contributed by atoms with van der Waals surface area (Å²) in [6.45, 7) is 8.82. The Balaban J connectivity index is 2.75. The Morgan fingerprint density at radius 2 is 1.59 bits per heavy atom. The molecule has 0 bridgehead atoms. The van der Waals surface area contributed by atoms with E-state index < -0.39 is 0 Å². The van der Waals surface area contributed by atoms with Gasteiger partial charge in [0, 0.05) is 6.04 Å². The molecule has 0 aliphatic rings. The van der Waals surface area contributed by atoms with E-state index in [4.69, 9.17) is 0 Å². The second-order valence-electron chi connectivity index (χ2n) is 5.03. The summed E-state index contributed by atoms with van der Waals surface area (Å²) in [5.41, 5.74) is 2.51. The van der Waals surface area contributed by atoms with Crippen LogP contribution in [0.25, 0.3) is 0 Å². The molecule has 2 unspecified atom stereocenters. The van der Waals surface area contributed by atoms with Crippen molar-refractivity contribution >= 4 is 0 Å². The van der Waals surface area contributed by atoms with Crippen LogP contribution in [0.15, 0.2) is 24.3 Å². The minimum atomic E-state index is 0.0474. The van der Waals surface area contributed by atoms with Crippen molar-refractivity contribution < 1.29 is 5.11 Å². The predicted molar refractivity (Wildman–Crippen MR) is 73.2 cm³/mol. The lowest BCUT2D eigenvalue weighted by atomic mass is 9.99. The zero-order chi connectivity index (χ0) is 12.8. The Morgan fingerprint density at radius 1 is 1.06 bits per heavy atom. The van der Waals surface area contributed by atoms with Gasteiger partial charge in [0.05, 0.1) is 12.6 Å². The second kappa shape index (κ2) is 6.77. The van der Waals surface area contributed by atoms with Crippen molar-refractivity contribution in [3.63, 3.8) is 0 Å². The van der Waals surface area contributed by atoms with Crippen LogP contribution in [-0.2, 0) is 0 Å². The van der Waals surface area contributed by atoms with Crippen LogP contribution in [0.4, 0.5) is 0 Å². The Labute approximate surface area is 105 Å². The number of rotatable bonds is 6. The van der Waals surface area contributed by atoms with Gasteiger partial charge in [-0.3, -0.25) is 0 Å². The zero-order valence-electron chi connectivity index (χ0n) is 11.4. The van der Waals surface area contributed by atoms with Crippen molar-refractivity contribution in [2.75, 3.05) is 6.61 Å². The van der Waals surface area contributed by atoms with E-state index in [2.05, 4.69) is 57.3 Å². The lowest BCUT2D eigenvalue weighted by molar-refractivity contribution is 0.234. The Hall–Kier alpha value is -0.860. The average Bonchev–Trinajstić information content (AvgIpc) is 2.35. The molecule has 0 aliphatic heterocycles. The van der Waals surface area contributed by atoms with Crippen LogP contribution in [0.3, 0.4) is 0 Å². The maximum atomic E-state index is 9.44. The number of aliphatic hydroxyl groups excluding tert-OH is 1. The molecule has 0 fully saturated rings. The molecule has 2 heteroatoms. The van der Waals surface area contributed by atoms with Crippen LogP contribution in [0, 0.1) is 0 Å². The summed E-state index contributed by atoms with van der Waals surface area (Å²) in [5.74, 6) is 0.555. The van der Waals surface area contributed by atoms with Crippen molar-refractivity contribution in [1.29, 1.82) is 0 Å². The first-order chi connectivity index (χ1) is 8.08. The van der Waals surface area contributed by atoms with Gasteiger partial charge in [-0.15, -0.1) is 0 Å². The normalized spacial score (nSPS) is 14.9. The van der Waals surface area contributed by atoms with Gasteiger partial charge in [-0.25, -0.2) is 0 Å². The zero-order valence-corrected chi connectivity index (χ0v) is 11.4. The number of nitrogens with one attached hydrogen (secondary N) is 1. The highest BCUT2D eigenvalue weighted by Crippen LogP contribution is 2.19. The fourth-order valence-corrected chi connectivity index (χ4v) is 1.83. The molecule has 0 amide bonds. The number of hydrogen-bond donors (Lipinski definition) is 2. The molecule has 0 saturated carbocycles. The van der Waals surface area contributed by atoms with Crippen molar-refractivity contribution in [2.24, 2.45) is 0 Å². The van der Waals surface area contributed by atoms with Crippen molar-refractivity contribution in [3.8, 4) is 0 Å². The van der Waals surface area contributed by atoms with E-state index >= 15 is 0 Å². The molecule has 1 aromatic rings. The smallest absolute Gasteiger partial charge is 0.0626 e. The van der Waals surface area contributed by atoms with E-state index in [-0.39, 0.29) is 12.6 Å². The fraction of sp³-hybridized carbons (Fsp3) is 0.600. The van der Waals surface area contributed by atoms with Crippen molar-refractivity contribution in [3.05, 3.63) is 35.4 Å². The largest absolute Gasteiger partial charge is 0.394 e. The maximum Gasteiger partial charge on any atom is 0.0626 e. The molecular formula is C15H25NO. The van der Waals surface area contributed by atoms with E-state index in [9.17, 15) is 5.11 Å². The highest BCUT2D eigenvalue weighted by atomic mass is 16.3. The first-order valence-electron chi connectivity index (χ1n) is 6.55. The average molecular weight is 235 g/mol. The molecule has 1 aromatic carbocycles. The van der Waals surface area contributed by atoms with E-state index in [1.54, 1.807) is 0 Å². The monoisotopic (exact) mass is 235 g/mol. The summed E-state index contributed by atoms with van der Waals surface area (Å²) in [6, 6.07) is 9.02. The van der Waals surface area contributed by atoms with Gasteiger partial charge in [0.15, 0.2) is 0 Å². The van der Waals surface area contributed by atoms with Crippen molar-refractivity contribution in [2.45, 2.75) is 52.1 Å². The minimum absolute atomic E-state index is 0.0474. The van der Waals surface area contributed by atoms with Gasteiger partial charge in [0.1, 0.15) is 0 Å². The summed E-state index contributed by atoms with van der Waals surface area (Å²) in [4.78, 5) is 0. The highest BCUT2D eigenvalue weighted by Gasteiger charge is 2.12. The van der Waals surface area contributed by atoms with Crippen LogP contribution in [0.5, 0.6) is 0 Å². The van der Waals surface area contributed by atoms with Gasteiger partial charge >= 0.3 is 0 Å². The molecule has 2 N–H and O–H groups in total. The molecule has 2 atom stereocenters. The van der Waals surface area contributed by atoms with Crippen LogP contribution >= 0.6 is 0 Å². The Kier molecular flexibility index (Phi) is 5.66. The van der Waals surface area contributed by atoms with Crippen LogP contribution in [-0.4, -0.2) is 17.8 Å². The van der Waals surface area contributed by atoms with Crippen molar-refractivity contribution in [1.82, 2.24) is 5.32 Å². The van der Waals surface area contributed by atoms with E-state index in [1.807, 2.05) is 0 Å². The third kappa shape index (κ3) is 4.14. The van der Waals surface area contributed by atoms with E-state index in [0.29, 0.717) is 12.0 Å². The molecule has 0 aromatic heterocycles. The van der Waals surface area contributed by atoms with Gasteiger partial charge in [-0.2, -0.15) is 0 Å². The summed E-state index contributed by atoms with van der Waals surface area (Å²) < 4.78 is 0. The second-order valence-corrected chi connectivity index (χ2v) is 5.03. The van der Waals surface area contributed by atoms with Gasteiger partial charge in [0.25, 0.3) is 0 Å². The molecule has 0 aliphatic carbocycles. The van der Waals surface area contributed by atoms with Gasteiger partial charge in [-0.05, 0) is 30.4 Å². The molecule has 0 saturated heterocycles. The quantitative estimate of drug-likeness (QED) is 0.793. The standard InChI is InChI=1S/C15H25NO/c1-5-12(4)16-15(10-17)14-8-6-13(7-9-14)11(2)3/h6-9,11-12,15-17H,5,10H2,1-4H3. The lowest BCUT2D eigenvalue weighted by Gasteiger charge is -2.21. The molecule has 0 heterocycles. The summed E-state index contributed by atoms with van der Waals surface area (Å²) >= 11 is 0. The first-order valence-corrected chi connectivity index (χ1v) is 6.55. The third-order valence-electron chi connectivity index (χ3n) is 3.29. The predicted octanol–water partition coefficient (Wildman–Crippen LogP) is 3.23. The third-order valence-corrected chi connectivity index (χ3v) is 3.29. The first kappa shape index (κ1) is 14.2. The molecule has 2 nitrogen and oxygen atoms in total. The number of benzene rings is 1. The molecule has 17 heavy (non-hydrogen) atoms. The van der Waals surface area contributed by atoms with E-state index in [0.717, 1.165) is 12.0 Å².